The fourth-order valence-corrected chi connectivity index (χ4v) is 1.73. The lowest BCUT2D eigenvalue weighted by Crippen LogP contribution is -2.22. The third kappa shape index (κ3) is 4.47. The Kier molecular flexibility index (Phi) is 5.22. The highest BCUT2D eigenvalue weighted by Gasteiger charge is 2.06. The normalized spacial score (nSPS) is 10.0. The first-order valence-corrected chi connectivity index (χ1v) is 6.90. The highest BCUT2D eigenvalue weighted by molar-refractivity contribution is 5.38. The van der Waals surface area contributed by atoms with Crippen LogP contribution in [0.15, 0.2) is 46.2 Å². The van der Waals surface area contributed by atoms with Gasteiger partial charge in [-0.15, -0.1) is 5.10 Å². The Balaban J connectivity index is 0.000000212. The number of aromatic nitrogens is 4. The van der Waals surface area contributed by atoms with Gasteiger partial charge in [-0.25, -0.2) is 8.78 Å². The van der Waals surface area contributed by atoms with Crippen molar-refractivity contribution in [1.82, 2.24) is 19.7 Å². The van der Waals surface area contributed by atoms with E-state index in [9.17, 15) is 18.4 Å². The van der Waals surface area contributed by atoms with Gasteiger partial charge in [0.05, 0.1) is 11.9 Å². The molecule has 3 aromatic heterocycles. The highest BCUT2D eigenvalue weighted by Crippen LogP contribution is 2.05. The smallest absolute Gasteiger partial charge is 0.279 e. The third-order valence-corrected chi connectivity index (χ3v) is 2.94. The molecular formula is C15H14F2N6O2. The van der Waals surface area contributed by atoms with Crippen LogP contribution < -0.4 is 22.6 Å². The lowest BCUT2D eigenvalue weighted by atomic mass is 10.3. The summed E-state index contributed by atoms with van der Waals surface area (Å²) < 4.78 is 26.2. The van der Waals surface area contributed by atoms with Crippen LogP contribution >= 0.6 is 0 Å². The number of aromatic amines is 1. The van der Waals surface area contributed by atoms with E-state index in [2.05, 4.69) is 15.2 Å². The van der Waals surface area contributed by atoms with Crippen LogP contribution in [0.25, 0.3) is 5.82 Å². The maximum absolute atomic E-state index is 13.1. The molecule has 0 atom stereocenters. The maximum atomic E-state index is 13.1. The summed E-state index contributed by atoms with van der Waals surface area (Å²) in [6, 6.07) is 5.19. The molecule has 0 bridgehead atoms. The lowest BCUT2D eigenvalue weighted by molar-refractivity contribution is 0.612. The molecule has 3 aromatic rings. The van der Waals surface area contributed by atoms with E-state index in [0.29, 0.717) is 5.69 Å². The van der Waals surface area contributed by atoms with Crippen LogP contribution in [-0.4, -0.2) is 19.7 Å². The molecule has 10 heteroatoms. The number of nitrogens with two attached hydrogens (primary N) is 2. The Morgan fingerprint density at radius 2 is 1.72 bits per heavy atom. The van der Waals surface area contributed by atoms with E-state index in [1.54, 1.807) is 19.1 Å². The molecule has 0 aliphatic heterocycles. The van der Waals surface area contributed by atoms with Gasteiger partial charge in [0.2, 0.25) is 0 Å². The molecule has 0 spiro atoms. The number of nitrogens with zero attached hydrogens (tertiary/aromatic N) is 3. The second kappa shape index (κ2) is 7.34. The van der Waals surface area contributed by atoms with Crippen molar-refractivity contribution >= 4 is 11.4 Å². The van der Waals surface area contributed by atoms with Crippen LogP contribution in [0, 0.1) is 18.6 Å². The van der Waals surface area contributed by atoms with Crippen LogP contribution in [0.4, 0.5) is 20.2 Å². The van der Waals surface area contributed by atoms with E-state index in [-0.39, 0.29) is 17.2 Å². The molecule has 3 rings (SSSR count). The summed E-state index contributed by atoms with van der Waals surface area (Å²) in [5.41, 5.74) is 9.87. The number of aryl methyl sites for hydroxylation is 1. The van der Waals surface area contributed by atoms with E-state index in [1.807, 2.05) is 0 Å². The van der Waals surface area contributed by atoms with Gasteiger partial charge in [0, 0.05) is 18.3 Å². The Morgan fingerprint density at radius 1 is 1.04 bits per heavy atom. The van der Waals surface area contributed by atoms with Gasteiger partial charge < -0.3 is 16.5 Å². The first kappa shape index (κ1) is 17.8. The van der Waals surface area contributed by atoms with E-state index in [0.717, 1.165) is 29.1 Å². The Bertz CT molecular complexity index is 998. The Hall–Kier alpha value is -3.56. The van der Waals surface area contributed by atoms with Crippen molar-refractivity contribution in [2.45, 2.75) is 6.92 Å². The molecule has 3 heterocycles. The predicted octanol–water partition coefficient (Wildman–Crippen LogP) is 0.753. The van der Waals surface area contributed by atoms with Crippen LogP contribution in [-0.2, 0) is 0 Å². The number of hydrogen-bond acceptors (Lipinski definition) is 6. The standard InChI is InChI=1S/C10H9FN4O.C5H5FN2O/c1-6-2-3-9(14-13-6)15-5-7(11)4-8(12)10(15)16;6-3-1-4(7)5(9)8-2-3/h2-5H,12H2,1H3;1-2H,7H2,(H,8,9). The van der Waals surface area contributed by atoms with E-state index in [4.69, 9.17) is 11.5 Å². The summed E-state index contributed by atoms with van der Waals surface area (Å²) in [5, 5.41) is 7.57. The number of hydrogen-bond donors (Lipinski definition) is 3. The molecular weight excluding hydrogens is 334 g/mol. The van der Waals surface area contributed by atoms with Crippen LogP contribution in [0.1, 0.15) is 5.69 Å². The first-order chi connectivity index (χ1) is 11.8. The monoisotopic (exact) mass is 348 g/mol. The van der Waals surface area contributed by atoms with Gasteiger partial charge in [-0.3, -0.25) is 14.2 Å². The molecule has 5 N–H and O–H groups in total. The van der Waals surface area contributed by atoms with Crippen LogP contribution in [0.2, 0.25) is 0 Å². The van der Waals surface area contributed by atoms with Gasteiger partial charge in [-0.2, -0.15) is 5.10 Å². The van der Waals surface area contributed by atoms with Gasteiger partial charge >= 0.3 is 0 Å². The number of nitrogen functional groups attached to an aromatic ring is 2. The van der Waals surface area contributed by atoms with E-state index >= 15 is 0 Å². The second-order valence-electron chi connectivity index (χ2n) is 4.92. The fourth-order valence-electron chi connectivity index (χ4n) is 1.73. The number of nitrogens with one attached hydrogen (secondary N) is 1. The van der Waals surface area contributed by atoms with Crippen molar-refractivity contribution < 1.29 is 8.78 Å². The summed E-state index contributed by atoms with van der Waals surface area (Å²) in [5.74, 6) is -0.895. The van der Waals surface area contributed by atoms with Crippen molar-refractivity contribution in [3.05, 3.63) is 74.7 Å². The zero-order valence-electron chi connectivity index (χ0n) is 13.0. The van der Waals surface area contributed by atoms with E-state index in [1.165, 1.54) is 0 Å². The molecule has 0 saturated heterocycles. The van der Waals surface area contributed by atoms with Crippen LogP contribution in [0.5, 0.6) is 0 Å². The molecule has 0 aliphatic rings. The van der Waals surface area contributed by atoms with Gasteiger partial charge in [0.1, 0.15) is 23.0 Å². The van der Waals surface area contributed by atoms with Gasteiger partial charge in [0.15, 0.2) is 5.82 Å². The van der Waals surface area contributed by atoms with Gasteiger partial charge in [0.25, 0.3) is 11.1 Å². The molecule has 0 amide bonds. The fraction of sp³-hybridized carbons (Fsp3) is 0.0667. The zero-order valence-corrected chi connectivity index (χ0v) is 13.0. The third-order valence-electron chi connectivity index (χ3n) is 2.94. The number of rotatable bonds is 1. The lowest BCUT2D eigenvalue weighted by Gasteiger charge is -2.05. The predicted molar refractivity (Wildman–Crippen MR) is 88.2 cm³/mol. The van der Waals surface area contributed by atoms with E-state index < -0.39 is 22.8 Å². The van der Waals surface area contributed by atoms with Crippen molar-refractivity contribution in [1.29, 1.82) is 0 Å². The molecule has 0 fully saturated rings. The Morgan fingerprint density at radius 3 is 2.28 bits per heavy atom. The number of pyridine rings is 2. The zero-order chi connectivity index (χ0) is 18.6. The minimum Gasteiger partial charge on any atom is -0.394 e. The average molecular weight is 348 g/mol. The molecule has 8 nitrogen and oxygen atoms in total. The molecule has 0 saturated carbocycles. The maximum Gasteiger partial charge on any atom is 0.279 e. The van der Waals surface area contributed by atoms with Crippen molar-refractivity contribution in [2.24, 2.45) is 0 Å². The van der Waals surface area contributed by atoms with Crippen molar-refractivity contribution in [2.75, 3.05) is 11.5 Å². The Labute approximate surface area is 139 Å². The number of halogens is 2. The van der Waals surface area contributed by atoms with Gasteiger partial charge in [-0.1, -0.05) is 0 Å². The summed E-state index contributed by atoms with van der Waals surface area (Å²) in [4.78, 5) is 24.1. The molecule has 0 aliphatic carbocycles. The topological polar surface area (TPSA) is 133 Å². The second-order valence-corrected chi connectivity index (χ2v) is 4.92. The summed E-state index contributed by atoms with van der Waals surface area (Å²) in [6.45, 7) is 1.76. The van der Waals surface area contributed by atoms with Gasteiger partial charge in [-0.05, 0) is 19.1 Å². The van der Waals surface area contributed by atoms with Crippen LogP contribution in [0.3, 0.4) is 0 Å². The average Bonchev–Trinajstić information content (AvgIpc) is 2.56. The first-order valence-electron chi connectivity index (χ1n) is 6.90. The SMILES string of the molecule is Cc1ccc(-n2cc(F)cc(N)c2=O)nn1.Nc1cc(F)c[nH]c1=O. The molecule has 25 heavy (non-hydrogen) atoms. The summed E-state index contributed by atoms with van der Waals surface area (Å²) >= 11 is 0. The summed E-state index contributed by atoms with van der Waals surface area (Å²) in [7, 11) is 0. The minimum absolute atomic E-state index is 0.102. The molecule has 0 radical (unpaired) electrons. The molecule has 0 aromatic carbocycles. The largest absolute Gasteiger partial charge is 0.394 e. The quantitative estimate of drug-likeness (QED) is 0.594. The number of anilines is 2. The number of H-pyrrole nitrogens is 1. The summed E-state index contributed by atoms with van der Waals surface area (Å²) in [6.07, 6.45) is 1.98. The van der Waals surface area contributed by atoms with Crippen molar-refractivity contribution in [3.8, 4) is 5.82 Å². The molecule has 0 unspecified atom stereocenters. The molecule has 130 valence electrons. The van der Waals surface area contributed by atoms with Crippen molar-refractivity contribution in [3.63, 3.8) is 0 Å². The minimum atomic E-state index is -0.598. The highest BCUT2D eigenvalue weighted by atomic mass is 19.1.